The average Bonchev–Trinajstić information content (AvgIpc) is 3.22. The molecule has 5 nitrogen and oxygen atoms in total. The summed E-state index contributed by atoms with van der Waals surface area (Å²) in [6.07, 6.45) is 1.77. The van der Waals surface area contributed by atoms with Crippen molar-refractivity contribution in [2.75, 3.05) is 10.6 Å². The van der Waals surface area contributed by atoms with E-state index in [9.17, 15) is 9.59 Å². The lowest BCUT2D eigenvalue weighted by Gasteiger charge is -2.11. The lowest BCUT2D eigenvalue weighted by molar-refractivity contribution is 0.101. The normalized spacial score (nSPS) is 10.8. The molecule has 0 aliphatic carbocycles. The van der Waals surface area contributed by atoms with Gasteiger partial charge < -0.3 is 15.2 Å². The largest absolute Gasteiger partial charge is 0.344 e. The Morgan fingerprint density at radius 3 is 1.77 bits per heavy atom. The first-order valence-corrected chi connectivity index (χ1v) is 12.9. The molecule has 39 heavy (non-hydrogen) atoms. The highest BCUT2D eigenvalue weighted by atomic mass is 16.2. The molecule has 0 aliphatic rings. The van der Waals surface area contributed by atoms with Crippen LogP contribution in [0.25, 0.3) is 22.3 Å². The molecule has 2 N–H and O–H groups in total. The molecule has 1 heterocycles. The van der Waals surface area contributed by atoms with Crippen molar-refractivity contribution in [1.29, 1.82) is 0 Å². The van der Waals surface area contributed by atoms with Gasteiger partial charge in [-0.2, -0.15) is 0 Å². The van der Waals surface area contributed by atoms with E-state index in [1.54, 1.807) is 17.8 Å². The van der Waals surface area contributed by atoms with Crippen LogP contribution in [0.5, 0.6) is 0 Å². The highest BCUT2D eigenvalue weighted by Gasteiger charge is 2.20. The van der Waals surface area contributed by atoms with Crippen LogP contribution >= 0.6 is 0 Å². The summed E-state index contributed by atoms with van der Waals surface area (Å²) in [7, 11) is 1.80. The van der Waals surface area contributed by atoms with E-state index in [-0.39, 0.29) is 11.8 Å². The van der Waals surface area contributed by atoms with Crippen LogP contribution in [0.2, 0.25) is 0 Å². The number of amides is 2. The molecule has 5 aromatic rings. The van der Waals surface area contributed by atoms with Crippen LogP contribution < -0.4 is 10.6 Å². The SMILES string of the molecule is Cc1ccc(-c2ccc(NC(=O)c3c(C)c(NC(=O)c4ccccc4-c4ccc(C)cc4)cn3C)cc2)cc1. The van der Waals surface area contributed by atoms with Gasteiger partial charge in [-0.15, -0.1) is 0 Å². The molecule has 0 saturated carbocycles. The second-order valence-corrected chi connectivity index (χ2v) is 9.89. The van der Waals surface area contributed by atoms with Crippen LogP contribution in [0, 0.1) is 20.8 Å². The average molecular weight is 514 g/mol. The predicted molar refractivity (Wildman–Crippen MR) is 159 cm³/mol. The van der Waals surface area contributed by atoms with E-state index in [0.29, 0.717) is 28.2 Å². The van der Waals surface area contributed by atoms with E-state index in [4.69, 9.17) is 0 Å². The van der Waals surface area contributed by atoms with Crippen molar-refractivity contribution in [2.24, 2.45) is 7.05 Å². The van der Waals surface area contributed by atoms with Gasteiger partial charge >= 0.3 is 0 Å². The van der Waals surface area contributed by atoms with Crippen LogP contribution in [0.3, 0.4) is 0 Å². The van der Waals surface area contributed by atoms with E-state index in [1.165, 1.54) is 5.56 Å². The van der Waals surface area contributed by atoms with E-state index in [1.807, 2.05) is 86.6 Å². The molecule has 0 saturated heterocycles. The molecule has 0 fully saturated rings. The van der Waals surface area contributed by atoms with E-state index >= 15 is 0 Å². The standard InChI is InChI=1S/C34H31N3O2/c1-22-9-13-25(14-10-22)26-17-19-28(20-18-26)35-34(39)32-24(3)31(21-37(32)4)36-33(38)30-8-6-5-7-29(30)27-15-11-23(2)12-16-27/h5-21H,1-4H3,(H,35,39)(H,36,38). The lowest BCUT2D eigenvalue weighted by atomic mass is 9.98. The summed E-state index contributed by atoms with van der Waals surface area (Å²) in [6.45, 7) is 5.95. The van der Waals surface area contributed by atoms with Gasteiger partial charge in [-0.25, -0.2) is 0 Å². The Bertz CT molecular complexity index is 1650. The number of aromatic nitrogens is 1. The Labute approximate surface area is 229 Å². The van der Waals surface area contributed by atoms with Gasteiger partial charge in [0.2, 0.25) is 0 Å². The molecule has 5 rings (SSSR count). The fourth-order valence-electron chi connectivity index (χ4n) is 4.74. The third-order valence-corrected chi connectivity index (χ3v) is 6.96. The van der Waals surface area contributed by atoms with Crippen molar-refractivity contribution in [3.63, 3.8) is 0 Å². The van der Waals surface area contributed by atoms with E-state index in [2.05, 4.69) is 41.8 Å². The minimum Gasteiger partial charge on any atom is -0.344 e. The maximum absolute atomic E-state index is 13.4. The number of nitrogens with one attached hydrogen (secondary N) is 2. The molecule has 0 unspecified atom stereocenters. The molecule has 5 heteroatoms. The zero-order valence-corrected chi connectivity index (χ0v) is 22.6. The third-order valence-electron chi connectivity index (χ3n) is 6.96. The number of carbonyl (C=O) groups is 2. The third kappa shape index (κ3) is 5.53. The quantitative estimate of drug-likeness (QED) is 0.243. The van der Waals surface area contributed by atoms with Crippen molar-refractivity contribution < 1.29 is 9.59 Å². The zero-order valence-electron chi connectivity index (χ0n) is 22.6. The molecule has 4 aromatic carbocycles. The van der Waals surface area contributed by atoms with Gasteiger partial charge in [-0.05, 0) is 61.2 Å². The maximum Gasteiger partial charge on any atom is 0.272 e. The number of carbonyl (C=O) groups excluding carboxylic acids is 2. The number of benzene rings is 4. The minimum atomic E-state index is -0.237. The number of rotatable bonds is 6. The Hall–Kier alpha value is -4.90. The monoisotopic (exact) mass is 513 g/mol. The van der Waals surface area contributed by atoms with E-state index < -0.39 is 0 Å². The first-order chi connectivity index (χ1) is 18.8. The van der Waals surface area contributed by atoms with Gasteiger partial charge in [-0.1, -0.05) is 90.0 Å². The number of hydrogen-bond acceptors (Lipinski definition) is 2. The van der Waals surface area contributed by atoms with Crippen molar-refractivity contribution in [2.45, 2.75) is 20.8 Å². The molecule has 0 radical (unpaired) electrons. The fourth-order valence-corrected chi connectivity index (χ4v) is 4.74. The molecule has 0 bridgehead atoms. The van der Waals surface area contributed by atoms with Crippen LogP contribution in [0.1, 0.15) is 37.5 Å². The highest BCUT2D eigenvalue weighted by Crippen LogP contribution is 2.28. The first kappa shape index (κ1) is 25.7. The Morgan fingerprint density at radius 2 is 1.15 bits per heavy atom. The van der Waals surface area contributed by atoms with Gasteiger partial charge in [-0.3, -0.25) is 9.59 Å². The summed E-state index contributed by atoms with van der Waals surface area (Å²) in [4.78, 5) is 26.6. The second-order valence-electron chi connectivity index (χ2n) is 9.89. The number of hydrogen-bond donors (Lipinski definition) is 2. The lowest BCUT2D eigenvalue weighted by Crippen LogP contribution is -2.17. The Morgan fingerprint density at radius 1 is 0.615 bits per heavy atom. The highest BCUT2D eigenvalue weighted by molar-refractivity contribution is 6.11. The first-order valence-electron chi connectivity index (χ1n) is 12.9. The molecule has 0 aliphatic heterocycles. The van der Waals surface area contributed by atoms with Crippen molar-refractivity contribution >= 4 is 23.2 Å². The summed E-state index contributed by atoms with van der Waals surface area (Å²) in [5.74, 6) is -0.461. The molecular formula is C34H31N3O2. The zero-order chi connectivity index (χ0) is 27.5. The molecule has 2 amide bonds. The van der Waals surface area contributed by atoms with Gasteiger partial charge in [0.1, 0.15) is 5.69 Å². The van der Waals surface area contributed by atoms with Crippen LogP contribution in [-0.4, -0.2) is 16.4 Å². The van der Waals surface area contributed by atoms with Gasteiger partial charge in [0.25, 0.3) is 11.8 Å². The molecular weight excluding hydrogens is 482 g/mol. The van der Waals surface area contributed by atoms with Crippen molar-refractivity contribution in [3.8, 4) is 22.3 Å². The Balaban J connectivity index is 1.33. The van der Waals surface area contributed by atoms with Gasteiger partial charge in [0, 0.05) is 30.1 Å². The van der Waals surface area contributed by atoms with Gasteiger partial charge in [0.15, 0.2) is 0 Å². The molecule has 0 spiro atoms. The van der Waals surface area contributed by atoms with Crippen LogP contribution in [0.4, 0.5) is 11.4 Å². The summed E-state index contributed by atoms with van der Waals surface area (Å²) in [5, 5.41) is 6.01. The predicted octanol–water partition coefficient (Wildman–Crippen LogP) is 7.79. The smallest absolute Gasteiger partial charge is 0.272 e. The Kier molecular flexibility index (Phi) is 7.15. The summed E-state index contributed by atoms with van der Waals surface area (Å²) >= 11 is 0. The van der Waals surface area contributed by atoms with Gasteiger partial charge in [0.05, 0.1) is 5.69 Å². The topological polar surface area (TPSA) is 63.1 Å². The summed E-state index contributed by atoms with van der Waals surface area (Å²) in [6, 6.07) is 31.8. The van der Waals surface area contributed by atoms with E-state index in [0.717, 1.165) is 27.8 Å². The number of anilines is 2. The van der Waals surface area contributed by atoms with Crippen LogP contribution in [-0.2, 0) is 7.05 Å². The number of nitrogens with zero attached hydrogens (tertiary/aromatic N) is 1. The molecule has 1 aromatic heterocycles. The number of aryl methyl sites for hydroxylation is 3. The summed E-state index contributed by atoms with van der Waals surface area (Å²) < 4.78 is 1.74. The van der Waals surface area contributed by atoms with Crippen LogP contribution in [0.15, 0.2) is 103 Å². The maximum atomic E-state index is 13.4. The second kappa shape index (κ2) is 10.8. The molecule has 194 valence electrons. The van der Waals surface area contributed by atoms with Crippen molar-refractivity contribution in [1.82, 2.24) is 4.57 Å². The minimum absolute atomic E-state index is 0.224. The summed E-state index contributed by atoms with van der Waals surface area (Å²) in [5.41, 5.74) is 9.48. The molecule has 0 atom stereocenters. The van der Waals surface area contributed by atoms with Crippen molar-refractivity contribution in [3.05, 3.63) is 131 Å². The fraction of sp³-hybridized carbons (Fsp3) is 0.118.